The van der Waals surface area contributed by atoms with Gasteiger partial charge in [-0.15, -0.1) is 0 Å². The van der Waals surface area contributed by atoms with Gasteiger partial charge in [-0.05, 0) is 43.9 Å². The third kappa shape index (κ3) is 2.23. The van der Waals surface area contributed by atoms with Gasteiger partial charge in [0.1, 0.15) is 18.2 Å². The molecule has 2 aromatic heterocycles. The Morgan fingerprint density at radius 3 is 2.54 bits per heavy atom. The van der Waals surface area contributed by atoms with E-state index in [-0.39, 0.29) is 16.8 Å². The van der Waals surface area contributed by atoms with Crippen molar-refractivity contribution in [2.45, 2.75) is 27.6 Å². The van der Waals surface area contributed by atoms with Crippen molar-refractivity contribution in [2.75, 3.05) is 0 Å². The minimum absolute atomic E-state index is 0.0767. The van der Waals surface area contributed by atoms with Crippen LogP contribution < -0.4 is 4.57 Å². The highest BCUT2D eigenvalue weighted by Crippen LogP contribution is 2.39. The molecule has 4 rings (SSSR count). The molecule has 0 aliphatic heterocycles. The SMILES string of the molecule is [2H]C([2H])([2H])c1ccc(-c2c(C)ccc3c2oc2cc([N+]#[C-])cc(C([2H])([2H])[2H])c23)[n+](C)c1C. The molecule has 0 spiro atoms. The highest BCUT2D eigenvalue weighted by Gasteiger charge is 2.22. The van der Waals surface area contributed by atoms with Gasteiger partial charge >= 0.3 is 0 Å². The van der Waals surface area contributed by atoms with Crippen LogP contribution in [0.5, 0.6) is 0 Å². The Morgan fingerprint density at radius 2 is 1.81 bits per heavy atom. The second kappa shape index (κ2) is 5.71. The van der Waals surface area contributed by atoms with Gasteiger partial charge < -0.3 is 4.42 Å². The van der Waals surface area contributed by atoms with E-state index in [2.05, 4.69) is 4.85 Å². The molecule has 128 valence electrons. The van der Waals surface area contributed by atoms with Gasteiger partial charge in [0.25, 0.3) is 0 Å². The van der Waals surface area contributed by atoms with E-state index in [0.29, 0.717) is 27.6 Å². The second-order valence-corrected chi connectivity index (χ2v) is 6.49. The minimum atomic E-state index is -2.41. The first kappa shape index (κ1) is 10.8. The van der Waals surface area contributed by atoms with E-state index in [4.69, 9.17) is 19.2 Å². The molecular formula is C23H21N2O+. The molecule has 2 heterocycles. The van der Waals surface area contributed by atoms with Crippen LogP contribution in [0.25, 0.3) is 38.0 Å². The maximum absolute atomic E-state index is 7.98. The highest BCUT2D eigenvalue weighted by atomic mass is 16.3. The molecule has 3 nitrogen and oxygen atoms in total. The first-order chi connectivity index (χ1) is 14.8. The standard InChI is InChI=1S/C23H21N2O/c1-13-8-10-19(25(6)16(13)4)22-14(2)7-9-18-21-15(3)11-17(24-5)12-20(21)26-23(18)22/h7-12H,1-4,6H3/q+1/i1D3,3D3. The molecule has 0 bridgehead atoms. The van der Waals surface area contributed by atoms with Crippen LogP contribution in [0.15, 0.2) is 40.8 Å². The molecule has 26 heavy (non-hydrogen) atoms. The van der Waals surface area contributed by atoms with Gasteiger partial charge in [0.2, 0.25) is 5.69 Å². The third-order valence-corrected chi connectivity index (χ3v) is 4.98. The van der Waals surface area contributed by atoms with Gasteiger partial charge in [0.15, 0.2) is 11.4 Å². The normalized spacial score (nSPS) is 15.6. The summed E-state index contributed by atoms with van der Waals surface area (Å²) in [5.74, 6) is 0. The molecule has 0 fully saturated rings. The molecule has 0 amide bonds. The van der Waals surface area contributed by atoms with E-state index in [0.717, 1.165) is 16.8 Å². The van der Waals surface area contributed by atoms with Crippen molar-refractivity contribution in [3.63, 3.8) is 0 Å². The zero-order valence-corrected chi connectivity index (χ0v) is 14.8. The molecule has 4 aromatic rings. The van der Waals surface area contributed by atoms with Gasteiger partial charge in [-0.3, -0.25) is 0 Å². The molecule has 0 aliphatic carbocycles. The summed E-state index contributed by atoms with van der Waals surface area (Å²) in [6, 6.07) is 10.0. The predicted molar refractivity (Wildman–Crippen MR) is 106 cm³/mol. The van der Waals surface area contributed by atoms with Gasteiger partial charge in [0.05, 0.1) is 12.1 Å². The van der Waals surface area contributed by atoms with Crippen molar-refractivity contribution in [3.05, 3.63) is 70.2 Å². The lowest BCUT2D eigenvalue weighted by atomic mass is 9.98. The topological polar surface area (TPSA) is 21.4 Å². The summed E-state index contributed by atoms with van der Waals surface area (Å²) in [4.78, 5) is 3.40. The average molecular weight is 347 g/mol. The van der Waals surface area contributed by atoms with E-state index >= 15 is 0 Å². The largest absolute Gasteiger partial charge is 0.456 e. The maximum atomic E-state index is 7.98. The molecule has 0 radical (unpaired) electrons. The van der Waals surface area contributed by atoms with Gasteiger partial charge in [-0.2, -0.15) is 4.57 Å². The average Bonchev–Trinajstić information content (AvgIpc) is 3.06. The number of hydrogen-bond acceptors (Lipinski definition) is 1. The predicted octanol–water partition coefficient (Wildman–Crippen LogP) is 5.86. The van der Waals surface area contributed by atoms with Crippen LogP contribution >= 0.6 is 0 Å². The first-order valence-electron chi connectivity index (χ1n) is 11.2. The Balaban J connectivity index is 2.12. The Morgan fingerprint density at radius 1 is 1.04 bits per heavy atom. The summed E-state index contributed by atoms with van der Waals surface area (Å²) in [5.41, 5.74) is 4.39. The second-order valence-electron chi connectivity index (χ2n) is 6.49. The number of aryl methyl sites for hydroxylation is 3. The number of nitrogens with zero attached hydrogens (tertiary/aromatic N) is 2. The summed E-state index contributed by atoms with van der Waals surface area (Å²) in [7, 11) is 1.80. The van der Waals surface area contributed by atoms with Crippen molar-refractivity contribution in [1.82, 2.24) is 0 Å². The lowest BCUT2D eigenvalue weighted by molar-refractivity contribution is -0.667. The lowest BCUT2D eigenvalue weighted by Crippen LogP contribution is -2.35. The van der Waals surface area contributed by atoms with Crippen LogP contribution in [0, 0.1) is 34.1 Å². The molecule has 3 heteroatoms. The van der Waals surface area contributed by atoms with Crippen molar-refractivity contribution in [1.29, 1.82) is 0 Å². The molecular weight excluding hydrogens is 320 g/mol. The third-order valence-electron chi connectivity index (χ3n) is 4.98. The van der Waals surface area contributed by atoms with E-state index < -0.39 is 13.7 Å². The van der Waals surface area contributed by atoms with E-state index in [9.17, 15) is 0 Å². The zero-order chi connectivity index (χ0) is 23.6. The molecule has 0 aliphatic rings. The Kier molecular flexibility index (Phi) is 2.37. The maximum Gasteiger partial charge on any atom is 0.216 e. The number of aromatic nitrogens is 1. The summed E-state index contributed by atoms with van der Waals surface area (Å²) < 4.78 is 55.2. The summed E-state index contributed by atoms with van der Waals surface area (Å²) in [6.07, 6.45) is 0. The fraction of sp³-hybridized carbons (Fsp3) is 0.217. The minimum Gasteiger partial charge on any atom is -0.456 e. The molecule has 0 N–H and O–H groups in total. The zero-order valence-electron chi connectivity index (χ0n) is 20.8. The summed E-state index contributed by atoms with van der Waals surface area (Å²) >= 11 is 0. The number of hydrogen-bond donors (Lipinski definition) is 0. The van der Waals surface area contributed by atoms with Gasteiger partial charge in [-0.25, -0.2) is 4.85 Å². The molecule has 0 atom stereocenters. The fourth-order valence-electron chi connectivity index (χ4n) is 3.44. The molecule has 0 unspecified atom stereocenters. The van der Waals surface area contributed by atoms with Crippen LogP contribution in [0.4, 0.5) is 5.69 Å². The Bertz CT molecular complexity index is 1440. The highest BCUT2D eigenvalue weighted by molar-refractivity contribution is 6.11. The van der Waals surface area contributed by atoms with Crippen molar-refractivity contribution >= 4 is 27.6 Å². The van der Waals surface area contributed by atoms with Crippen molar-refractivity contribution < 1.29 is 17.2 Å². The number of fused-ring (bicyclic) bond motifs is 3. The van der Waals surface area contributed by atoms with Crippen molar-refractivity contribution in [3.8, 4) is 11.3 Å². The van der Waals surface area contributed by atoms with Gasteiger partial charge in [-0.1, -0.05) is 18.2 Å². The Hall–Kier alpha value is -3.12. The quantitative estimate of drug-likeness (QED) is 0.312. The Labute approximate surface area is 161 Å². The number of rotatable bonds is 1. The lowest BCUT2D eigenvalue weighted by Gasteiger charge is -2.08. The first-order valence-corrected chi connectivity index (χ1v) is 8.23. The monoisotopic (exact) mass is 347 g/mol. The number of furan rings is 1. The number of benzene rings is 2. The number of pyridine rings is 1. The fourth-order valence-corrected chi connectivity index (χ4v) is 3.44. The van der Waals surface area contributed by atoms with E-state index in [1.807, 2.05) is 23.6 Å². The van der Waals surface area contributed by atoms with Crippen molar-refractivity contribution in [2.24, 2.45) is 7.05 Å². The smallest absolute Gasteiger partial charge is 0.216 e. The van der Waals surface area contributed by atoms with E-state index in [1.54, 1.807) is 32.2 Å². The van der Waals surface area contributed by atoms with Crippen LogP contribution in [0.1, 0.15) is 30.6 Å². The van der Waals surface area contributed by atoms with Crippen LogP contribution in [-0.2, 0) is 7.05 Å². The van der Waals surface area contributed by atoms with E-state index in [1.165, 1.54) is 6.07 Å². The summed E-state index contributed by atoms with van der Waals surface area (Å²) in [5, 5.41) is 1.10. The summed E-state index contributed by atoms with van der Waals surface area (Å²) in [6.45, 7) is 6.37. The molecule has 2 aromatic carbocycles. The van der Waals surface area contributed by atoms with Crippen LogP contribution in [0.3, 0.4) is 0 Å². The van der Waals surface area contributed by atoms with Crippen LogP contribution in [-0.4, -0.2) is 0 Å². The molecule has 0 saturated heterocycles. The van der Waals surface area contributed by atoms with Gasteiger partial charge in [0, 0.05) is 37.6 Å². The molecule has 0 saturated carbocycles. The van der Waals surface area contributed by atoms with Crippen LogP contribution in [0.2, 0.25) is 0 Å².